The van der Waals surface area contributed by atoms with Gasteiger partial charge in [-0.05, 0) is 35.1 Å². The van der Waals surface area contributed by atoms with E-state index >= 15 is 0 Å². The van der Waals surface area contributed by atoms with Crippen LogP contribution in [0, 0.1) is 5.82 Å². The number of halogens is 1. The summed E-state index contributed by atoms with van der Waals surface area (Å²) in [5.74, 6) is -0.00300. The van der Waals surface area contributed by atoms with Crippen molar-refractivity contribution in [1.29, 1.82) is 0 Å². The minimum atomic E-state index is -0.258. The Morgan fingerprint density at radius 1 is 1.00 bits per heavy atom. The smallest absolute Gasteiger partial charge is 0.123 e. The molecule has 0 unspecified atom stereocenters. The van der Waals surface area contributed by atoms with Crippen molar-refractivity contribution in [2.75, 3.05) is 0 Å². The van der Waals surface area contributed by atoms with Crippen LogP contribution >= 0.6 is 0 Å². The molecule has 2 nitrogen and oxygen atoms in total. The SMILES string of the molecule is CC(C)c1c(CO)c(-c2ccc(F)cc2)c2c3ccccc3ccn12. The van der Waals surface area contributed by atoms with Crippen molar-refractivity contribution in [3.63, 3.8) is 0 Å². The zero-order chi connectivity index (χ0) is 17.6. The van der Waals surface area contributed by atoms with Gasteiger partial charge < -0.3 is 9.51 Å². The van der Waals surface area contributed by atoms with Crippen molar-refractivity contribution in [2.24, 2.45) is 0 Å². The molecule has 0 aliphatic heterocycles. The molecule has 0 radical (unpaired) electrons. The molecule has 0 aliphatic rings. The highest BCUT2D eigenvalue weighted by molar-refractivity contribution is 6.05. The maximum absolute atomic E-state index is 13.4. The number of aliphatic hydroxyl groups excluding tert-OH is 1. The third kappa shape index (κ3) is 2.43. The number of hydrogen-bond donors (Lipinski definition) is 1. The average molecular weight is 333 g/mol. The number of rotatable bonds is 3. The van der Waals surface area contributed by atoms with Crippen molar-refractivity contribution >= 4 is 16.3 Å². The number of fused-ring (bicyclic) bond motifs is 3. The van der Waals surface area contributed by atoms with Gasteiger partial charge >= 0.3 is 0 Å². The lowest BCUT2D eigenvalue weighted by Gasteiger charge is -2.09. The molecule has 4 rings (SSSR count). The average Bonchev–Trinajstić information content (AvgIpc) is 2.97. The van der Waals surface area contributed by atoms with Crippen LogP contribution in [0.1, 0.15) is 31.0 Å². The maximum atomic E-state index is 13.4. The van der Waals surface area contributed by atoms with E-state index in [9.17, 15) is 9.50 Å². The van der Waals surface area contributed by atoms with Gasteiger partial charge in [-0.1, -0.05) is 50.2 Å². The second kappa shape index (κ2) is 6.01. The molecule has 2 heterocycles. The summed E-state index contributed by atoms with van der Waals surface area (Å²) in [5.41, 5.74) is 4.99. The summed E-state index contributed by atoms with van der Waals surface area (Å²) in [4.78, 5) is 0. The summed E-state index contributed by atoms with van der Waals surface area (Å²) in [6.45, 7) is 4.21. The van der Waals surface area contributed by atoms with Crippen molar-refractivity contribution in [2.45, 2.75) is 26.4 Å². The summed E-state index contributed by atoms with van der Waals surface area (Å²) >= 11 is 0. The van der Waals surface area contributed by atoms with Crippen LogP contribution in [0.4, 0.5) is 4.39 Å². The van der Waals surface area contributed by atoms with Crippen LogP contribution in [0.5, 0.6) is 0 Å². The second-order valence-electron chi connectivity index (χ2n) is 6.68. The van der Waals surface area contributed by atoms with E-state index in [1.165, 1.54) is 12.1 Å². The minimum absolute atomic E-state index is 0.0454. The first-order valence-electron chi connectivity index (χ1n) is 8.53. The predicted molar refractivity (Wildman–Crippen MR) is 100 cm³/mol. The molecule has 0 atom stereocenters. The number of pyridine rings is 1. The molecule has 0 aliphatic carbocycles. The first kappa shape index (κ1) is 15.9. The van der Waals surface area contributed by atoms with Gasteiger partial charge in [0, 0.05) is 28.4 Å². The Balaban J connectivity index is 2.22. The van der Waals surface area contributed by atoms with Crippen molar-refractivity contribution in [3.05, 3.63) is 77.9 Å². The number of hydrogen-bond acceptors (Lipinski definition) is 1. The quantitative estimate of drug-likeness (QED) is 0.525. The minimum Gasteiger partial charge on any atom is -0.392 e. The van der Waals surface area contributed by atoms with Crippen LogP contribution in [0.15, 0.2) is 60.8 Å². The van der Waals surface area contributed by atoms with Gasteiger partial charge in [0.1, 0.15) is 5.82 Å². The molecule has 1 N–H and O–H groups in total. The molecule has 126 valence electrons. The van der Waals surface area contributed by atoms with Gasteiger partial charge in [0.25, 0.3) is 0 Å². The van der Waals surface area contributed by atoms with E-state index in [0.717, 1.165) is 38.7 Å². The largest absolute Gasteiger partial charge is 0.392 e. The van der Waals surface area contributed by atoms with Gasteiger partial charge in [0.05, 0.1) is 12.1 Å². The van der Waals surface area contributed by atoms with Gasteiger partial charge in [-0.15, -0.1) is 0 Å². The Bertz CT molecular complexity index is 1060. The summed E-state index contributed by atoms with van der Waals surface area (Å²) in [5, 5.41) is 12.4. The second-order valence-corrected chi connectivity index (χ2v) is 6.68. The van der Waals surface area contributed by atoms with E-state index in [4.69, 9.17) is 0 Å². The molecular weight excluding hydrogens is 313 g/mol. The third-order valence-electron chi connectivity index (χ3n) is 4.81. The number of nitrogens with zero attached hydrogens (tertiary/aromatic N) is 1. The molecule has 25 heavy (non-hydrogen) atoms. The number of aliphatic hydroxyl groups is 1. The van der Waals surface area contributed by atoms with E-state index in [2.05, 4.69) is 42.6 Å². The molecule has 0 fully saturated rings. The van der Waals surface area contributed by atoms with Gasteiger partial charge in [-0.2, -0.15) is 0 Å². The molecule has 4 aromatic rings. The Hall–Kier alpha value is -2.65. The topological polar surface area (TPSA) is 24.6 Å². The zero-order valence-electron chi connectivity index (χ0n) is 14.3. The lowest BCUT2D eigenvalue weighted by atomic mass is 9.97. The third-order valence-corrected chi connectivity index (χ3v) is 4.81. The van der Waals surface area contributed by atoms with Gasteiger partial charge in [0.2, 0.25) is 0 Å². The van der Waals surface area contributed by atoms with Crippen LogP contribution in [0.25, 0.3) is 27.4 Å². The van der Waals surface area contributed by atoms with E-state index in [0.29, 0.717) is 0 Å². The molecule has 0 amide bonds. The van der Waals surface area contributed by atoms with E-state index in [-0.39, 0.29) is 18.3 Å². The lowest BCUT2D eigenvalue weighted by Crippen LogP contribution is -1.99. The van der Waals surface area contributed by atoms with Gasteiger partial charge in [0.15, 0.2) is 0 Å². The molecule has 2 aromatic heterocycles. The lowest BCUT2D eigenvalue weighted by molar-refractivity contribution is 0.280. The normalized spacial score (nSPS) is 11.7. The van der Waals surface area contributed by atoms with Crippen LogP contribution in [0.3, 0.4) is 0 Å². The van der Waals surface area contributed by atoms with Crippen LogP contribution in [-0.4, -0.2) is 9.51 Å². The summed E-state index contributed by atoms with van der Waals surface area (Å²) < 4.78 is 15.6. The molecule has 0 saturated heterocycles. The fourth-order valence-electron chi connectivity index (χ4n) is 3.80. The fraction of sp³-hybridized carbons (Fsp3) is 0.182. The predicted octanol–water partition coefficient (Wildman–Crippen LogP) is 5.51. The van der Waals surface area contributed by atoms with Crippen LogP contribution in [0.2, 0.25) is 0 Å². The standard InChI is InChI=1S/C22H20FNO/c1-14(2)21-19(13-25)20(16-7-9-17(23)10-8-16)22-18-6-4-3-5-15(18)11-12-24(21)22/h3-12,14,25H,13H2,1-2H3. The zero-order valence-corrected chi connectivity index (χ0v) is 14.3. The van der Waals surface area contributed by atoms with Gasteiger partial charge in [-0.25, -0.2) is 4.39 Å². The summed E-state index contributed by atoms with van der Waals surface area (Å²) in [7, 11) is 0. The summed E-state index contributed by atoms with van der Waals surface area (Å²) in [6, 6.07) is 16.9. The maximum Gasteiger partial charge on any atom is 0.123 e. The fourth-order valence-corrected chi connectivity index (χ4v) is 3.80. The van der Waals surface area contributed by atoms with E-state index < -0.39 is 0 Å². The summed E-state index contributed by atoms with van der Waals surface area (Å²) in [6.07, 6.45) is 2.07. The van der Waals surface area contributed by atoms with Crippen molar-refractivity contribution in [3.8, 4) is 11.1 Å². The molecule has 0 bridgehead atoms. The van der Waals surface area contributed by atoms with Gasteiger partial charge in [-0.3, -0.25) is 0 Å². The Morgan fingerprint density at radius 2 is 1.72 bits per heavy atom. The number of aromatic nitrogens is 1. The monoisotopic (exact) mass is 333 g/mol. The highest BCUT2D eigenvalue weighted by Crippen LogP contribution is 2.39. The Morgan fingerprint density at radius 3 is 2.40 bits per heavy atom. The molecular formula is C22H20FNO. The Kier molecular flexibility index (Phi) is 3.81. The van der Waals surface area contributed by atoms with Crippen LogP contribution in [-0.2, 0) is 6.61 Å². The highest BCUT2D eigenvalue weighted by atomic mass is 19.1. The van der Waals surface area contributed by atoms with E-state index in [1.54, 1.807) is 12.1 Å². The molecule has 2 aromatic carbocycles. The Labute approximate surface area is 146 Å². The molecule has 0 spiro atoms. The molecule has 3 heteroatoms. The van der Waals surface area contributed by atoms with Crippen molar-refractivity contribution < 1.29 is 9.50 Å². The molecule has 0 saturated carbocycles. The number of benzene rings is 2. The van der Waals surface area contributed by atoms with Crippen LogP contribution < -0.4 is 0 Å². The van der Waals surface area contributed by atoms with E-state index in [1.807, 2.05) is 12.1 Å². The first-order chi connectivity index (χ1) is 12.1. The first-order valence-corrected chi connectivity index (χ1v) is 8.53. The highest BCUT2D eigenvalue weighted by Gasteiger charge is 2.22. The van der Waals surface area contributed by atoms with Crippen molar-refractivity contribution in [1.82, 2.24) is 4.40 Å².